The summed E-state index contributed by atoms with van der Waals surface area (Å²) < 4.78 is 0. The summed E-state index contributed by atoms with van der Waals surface area (Å²) >= 11 is 5.93. The first-order valence-electron chi connectivity index (χ1n) is 5.09. The van der Waals surface area contributed by atoms with Crippen LogP contribution in [0.15, 0.2) is 30.6 Å². The van der Waals surface area contributed by atoms with Crippen molar-refractivity contribution in [1.82, 2.24) is 10.2 Å². The molecule has 3 N–H and O–H groups in total. The van der Waals surface area contributed by atoms with E-state index in [1.807, 2.05) is 0 Å². The molecule has 1 aliphatic heterocycles. The van der Waals surface area contributed by atoms with Crippen molar-refractivity contribution in [3.05, 3.63) is 41.2 Å². The minimum Gasteiger partial charge on any atom is -0.367 e. The van der Waals surface area contributed by atoms with Crippen molar-refractivity contribution in [3.8, 4) is 0 Å². The van der Waals surface area contributed by atoms with Gasteiger partial charge in [-0.3, -0.25) is 9.89 Å². The molecule has 1 aliphatic rings. The van der Waals surface area contributed by atoms with Crippen molar-refractivity contribution in [2.24, 2.45) is 0 Å². The van der Waals surface area contributed by atoms with Gasteiger partial charge in [0.25, 0.3) is 5.91 Å². The summed E-state index contributed by atoms with van der Waals surface area (Å²) in [6.07, 6.45) is 3.31. The van der Waals surface area contributed by atoms with Crippen molar-refractivity contribution in [3.63, 3.8) is 0 Å². The zero-order chi connectivity index (χ0) is 11.8. The van der Waals surface area contributed by atoms with Crippen molar-refractivity contribution in [2.75, 3.05) is 10.6 Å². The molecule has 0 saturated heterocycles. The number of nitrogens with zero attached hydrogens (tertiary/aromatic N) is 1. The second-order valence-electron chi connectivity index (χ2n) is 3.79. The largest absolute Gasteiger partial charge is 0.367 e. The highest BCUT2D eigenvalue weighted by Gasteiger charge is 2.30. The number of hydrogen-bond acceptors (Lipinski definition) is 3. The zero-order valence-electron chi connectivity index (χ0n) is 8.70. The van der Waals surface area contributed by atoms with Gasteiger partial charge >= 0.3 is 0 Å². The summed E-state index contributed by atoms with van der Waals surface area (Å²) in [5.74, 6) is -0.0940. The molecule has 0 bridgehead atoms. The van der Waals surface area contributed by atoms with Crippen LogP contribution in [0.5, 0.6) is 0 Å². The van der Waals surface area contributed by atoms with E-state index < -0.39 is 6.04 Å². The van der Waals surface area contributed by atoms with Crippen LogP contribution in [-0.4, -0.2) is 16.1 Å². The molecule has 1 aromatic carbocycles. The van der Waals surface area contributed by atoms with Crippen LogP contribution < -0.4 is 10.6 Å². The number of hydrogen-bond donors (Lipinski definition) is 3. The first kappa shape index (κ1) is 10.2. The van der Waals surface area contributed by atoms with Crippen molar-refractivity contribution in [1.29, 1.82) is 0 Å². The molecule has 0 spiro atoms. The second-order valence-corrected chi connectivity index (χ2v) is 4.22. The molecular formula is C11H9ClN4O. The Bertz CT molecular complexity index is 567. The summed E-state index contributed by atoms with van der Waals surface area (Å²) in [4.78, 5) is 11.8. The maximum atomic E-state index is 11.8. The number of benzene rings is 1. The standard InChI is InChI=1S/C11H9ClN4O/c12-6-1-2-9-8(3-6)10(11(17)16-9)15-7-4-13-14-5-7/h1-5,10,15H,(H,13,14)(H,16,17). The van der Waals surface area contributed by atoms with Gasteiger partial charge in [0.2, 0.25) is 0 Å². The third-order valence-electron chi connectivity index (χ3n) is 2.65. The first-order chi connectivity index (χ1) is 8.24. The Morgan fingerprint density at radius 2 is 2.29 bits per heavy atom. The van der Waals surface area contributed by atoms with Crippen LogP contribution in [0, 0.1) is 0 Å². The lowest BCUT2D eigenvalue weighted by atomic mass is 10.1. The van der Waals surface area contributed by atoms with Gasteiger partial charge in [-0.05, 0) is 18.2 Å². The summed E-state index contributed by atoms with van der Waals surface area (Å²) in [6.45, 7) is 0. The van der Waals surface area contributed by atoms with Gasteiger partial charge in [0.1, 0.15) is 6.04 Å². The van der Waals surface area contributed by atoms with E-state index in [0.717, 1.165) is 16.9 Å². The molecule has 0 saturated carbocycles. The molecule has 0 fully saturated rings. The predicted octanol–water partition coefficient (Wildman–Crippen LogP) is 2.17. The van der Waals surface area contributed by atoms with Crippen molar-refractivity contribution < 1.29 is 4.79 Å². The first-order valence-corrected chi connectivity index (χ1v) is 5.47. The van der Waals surface area contributed by atoms with Crippen LogP contribution in [0.4, 0.5) is 11.4 Å². The summed E-state index contributed by atoms with van der Waals surface area (Å²) in [6, 6.07) is 4.90. The van der Waals surface area contributed by atoms with E-state index in [9.17, 15) is 4.79 Å². The van der Waals surface area contributed by atoms with Crippen LogP contribution in [0.25, 0.3) is 0 Å². The molecular weight excluding hydrogens is 240 g/mol. The smallest absolute Gasteiger partial charge is 0.251 e. The number of fused-ring (bicyclic) bond motifs is 1. The number of rotatable bonds is 2. The van der Waals surface area contributed by atoms with E-state index in [1.165, 1.54) is 0 Å². The van der Waals surface area contributed by atoms with Crippen LogP contribution >= 0.6 is 11.6 Å². The van der Waals surface area contributed by atoms with E-state index in [0.29, 0.717) is 5.02 Å². The molecule has 6 heteroatoms. The molecule has 0 radical (unpaired) electrons. The van der Waals surface area contributed by atoms with Crippen molar-refractivity contribution in [2.45, 2.75) is 6.04 Å². The van der Waals surface area contributed by atoms with Crippen LogP contribution in [-0.2, 0) is 4.79 Å². The third-order valence-corrected chi connectivity index (χ3v) is 2.89. The fourth-order valence-corrected chi connectivity index (χ4v) is 2.05. The fourth-order valence-electron chi connectivity index (χ4n) is 1.87. The number of anilines is 2. The Kier molecular flexibility index (Phi) is 2.26. The Labute approximate surface area is 102 Å². The number of H-pyrrole nitrogens is 1. The Balaban J connectivity index is 1.96. The lowest BCUT2D eigenvalue weighted by Crippen LogP contribution is -2.19. The molecule has 1 amide bonds. The van der Waals surface area contributed by atoms with Gasteiger partial charge in [-0.25, -0.2) is 0 Å². The van der Waals surface area contributed by atoms with Gasteiger partial charge in [0.05, 0.1) is 11.9 Å². The highest BCUT2D eigenvalue weighted by Crippen LogP contribution is 2.34. The molecule has 1 unspecified atom stereocenters. The van der Waals surface area contributed by atoms with Crippen molar-refractivity contribution >= 4 is 28.9 Å². The molecule has 0 aliphatic carbocycles. The van der Waals surface area contributed by atoms with E-state index in [2.05, 4.69) is 20.8 Å². The number of carbonyl (C=O) groups excluding carboxylic acids is 1. The normalized spacial score (nSPS) is 17.7. The van der Waals surface area contributed by atoms with Gasteiger partial charge in [-0.1, -0.05) is 11.6 Å². The Morgan fingerprint density at radius 1 is 1.41 bits per heavy atom. The lowest BCUT2D eigenvalue weighted by Gasteiger charge is -2.10. The Morgan fingerprint density at radius 3 is 3.06 bits per heavy atom. The third kappa shape index (κ3) is 1.74. The average molecular weight is 249 g/mol. The lowest BCUT2D eigenvalue weighted by molar-refractivity contribution is -0.116. The number of aromatic nitrogens is 2. The van der Waals surface area contributed by atoms with E-state index in [4.69, 9.17) is 11.6 Å². The highest BCUT2D eigenvalue weighted by molar-refractivity contribution is 6.31. The van der Waals surface area contributed by atoms with Gasteiger partial charge in [0.15, 0.2) is 0 Å². The number of aromatic amines is 1. The van der Waals surface area contributed by atoms with Crippen LogP contribution in [0.1, 0.15) is 11.6 Å². The summed E-state index contributed by atoms with van der Waals surface area (Å²) in [5, 5.41) is 13.0. The van der Waals surface area contributed by atoms with Crippen LogP contribution in [0.3, 0.4) is 0 Å². The summed E-state index contributed by atoms with van der Waals surface area (Å²) in [7, 11) is 0. The van der Waals surface area contributed by atoms with Gasteiger partial charge < -0.3 is 10.6 Å². The average Bonchev–Trinajstić information content (AvgIpc) is 2.90. The zero-order valence-corrected chi connectivity index (χ0v) is 9.45. The molecule has 17 heavy (non-hydrogen) atoms. The minimum absolute atomic E-state index is 0.0940. The second kappa shape index (κ2) is 3.78. The van der Waals surface area contributed by atoms with E-state index in [-0.39, 0.29) is 5.91 Å². The summed E-state index contributed by atoms with van der Waals surface area (Å²) in [5.41, 5.74) is 2.40. The molecule has 1 aromatic heterocycles. The molecule has 3 rings (SSSR count). The molecule has 5 nitrogen and oxygen atoms in total. The molecule has 2 aromatic rings. The molecule has 2 heterocycles. The van der Waals surface area contributed by atoms with Gasteiger partial charge in [-0.15, -0.1) is 0 Å². The molecule has 1 atom stereocenters. The van der Waals surface area contributed by atoms with Gasteiger partial charge in [0, 0.05) is 22.5 Å². The maximum Gasteiger partial charge on any atom is 0.251 e. The van der Waals surface area contributed by atoms with Crippen LogP contribution in [0.2, 0.25) is 5.02 Å². The monoisotopic (exact) mass is 248 g/mol. The minimum atomic E-state index is -0.429. The number of carbonyl (C=O) groups is 1. The van der Waals surface area contributed by atoms with E-state index >= 15 is 0 Å². The Hall–Kier alpha value is -2.01. The SMILES string of the molecule is O=C1Nc2ccc(Cl)cc2C1Nc1cn[nH]c1. The number of halogens is 1. The van der Waals surface area contributed by atoms with Gasteiger partial charge in [-0.2, -0.15) is 5.10 Å². The maximum absolute atomic E-state index is 11.8. The molecule has 86 valence electrons. The highest BCUT2D eigenvalue weighted by atomic mass is 35.5. The fraction of sp³-hybridized carbons (Fsp3) is 0.0909. The predicted molar refractivity (Wildman–Crippen MR) is 65.0 cm³/mol. The topological polar surface area (TPSA) is 69.8 Å². The quantitative estimate of drug-likeness (QED) is 0.763. The number of nitrogens with one attached hydrogen (secondary N) is 3. The number of amides is 1. The van der Waals surface area contributed by atoms with E-state index in [1.54, 1.807) is 30.6 Å².